The van der Waals surface area contributed by atoms with E-state index in [2.05, 4.69) is 75.2 Å². The maximum Gasteiger partial charge on any atom is 0.243 e. The molecule has 5 nitrogen and oxygen atoms in total. The van der Waals surface area contributed by atoms with Crippen molar-refractivity contribution in [1.82, 2.24) is 10.2 Å². The van der Waals surface area contributed by atoms with Crippen LogP contribution in [0.4, 0.5) is 0 Å². The van der Waals surface area contributed by atoms with Crippen LogP contribution in [0.3, 0.4) is 0 Å². The van der Waals surface area contributed by atoms with E-state index in [4.69, 9.17) is 10.1 Å². The molecule has 0 radical (unpaired) electrons. The fourth-order valence-corrected chi connectivity index (χ4v) is 3.34. The van der Waals surface area contributed by atoms with Gasteiger partial charge in [0.05, 0.1) is 6.07 Å². The Kier molecular flexibility index (Phi) is 4.16. The van der Waals surface area contributed by atoms with Crippen molar-refractivity contribution in [3.05, 3.63) is 46.6 Å². The molecular weight excluding hydrogens is 312 g/mol. The molecule has 25 heavy (non-hydrogen) atoms. The number of nitrogens with zero attached hydrogens (tertiary/aromatic N) is 2. The van der Waals surface area contributed by atoms with Gasteiger partial charge in [0.25, 0.3) is 0 Å². The predicted octanol–water partition coefficient (Wildman–Crippen LogP) is 4.47. The third kappa shape index (κ3) is 2.93. The highest BCUT2D eigenvalue weighted by Crippen LogP contribution is 2.45. The molecular formula is C20H24N4O. The molecule has 0 bridgehead atoms. The standard InChI is InChI=1S/C20H24N4O/c1-11(2)12-6-8-13(9-7-12)15-14(10-21)18(22)25-19-16(15)17(23-24-19)20(3,4)5/h6-9,11,14-15,22H,1-5H3,(H,23,24). The quantitative estimate of drug-likeness (QED) is 0.848. The molecule has 0 saturated heterocycles. The Labute approximate surface area is 148 Å². The maximum absolute atomic E-state index is 9.69. The minimum Gasteiger partial charge on any atom is -0.422 e. The first-order valence-electron chi connectivity index (χ1n) is 8.58. The number of hydrogen-bond donors (Lipinski definition) is 2. The molecule has 0 fully saturated rings. The van der Waals surface area contributed by atoms with Crippen LogP contribution in [-0.2, 0) is 5.41 Å². The number of ether oxygens (including phenoxy) is 1. The highest BCUT2D eigenvalue weighted by atomic mass is 16.5. The summed E-state index contributed by atoms with van der Waals surface area (Å²) in [6.45, 7) is 10.6. The van der Waals surface area contributed by atoms with Crippen molar-refractivity contribution in [2.24, 2.45) is 5.92 Å². The second-order valence-electron chi connectivity index (χ2n) is 7.94. The van der Waals surface area contributed by atoms with Crippen LogP contribution in [0.25, 0.3) is 0 Å². The average molecular weight is 336 g/mol. The summed E-state index contributed by atoms with van der Waals surface area (Å²) in [7, 11) is 0. The highest BCUT2D eigenvalue weighted by molar-refractivity contribution is 5.84. The summed E-state index contributed by atoms with van der Waals surface area (Å²) < 4.78 is 5.54. The van der Waals surface area contributed by atoms with Crippen molar-refractivity contribution in [2.45, 2.75) is 51.9 Å². The summed E-state index contributed by atoms with van der Waals surface area (Å²) in [6.07, 6.45) is 0. The number of nitriles is 1. The number of aromatic amines is 1. The number of H-pyrrole nitrogens is 1. The van der Waals surface area contributed by atoms with Gasteiger partial charge >= 0.3 is 0 Å². The Hall–Kier alpha value is -2.61. The van der Waals surface area contributed by atoms with E-state index in [9.17, 15) is 5.26 Å². The van der Waals surface area contributed by atoms with E-state index in [0.717, 1.165) is 16.8 Å². The molecule has 1 aliphatic rings. The Bertz CT molecular complexity index is 834. The normalized spacial score (nSPS) is 20.1. The first-order valence-corrected chi connectivity index (χ1v) is 8.58. The van der Waals surface area contributed by atoms with E-state index in [1.807, 2.05) is 0 Å². The molecule has 1 aromatic heterocycles. The van der Waals surface area contributed by atoms with Crippen LogP contribution < -0.4 is 4.74 Å². The SMILES string of the molecule is CC(C)c1ccc(C2c3c(n[nH]c3C(C)(C)C)OC(=N)C2C#N)cc1. The van der Waals surface area contributed by atoms with Crippen LogP contribution in [0, 0.1) is 22.7 Å². The van der Waals surface area contributed by atoms with Gasteiger partial charge in [0.2, 0.25) is 11.8 Å². The highest BCUT2D eigenvalue weighted by Gasteiger charge is 2.42. The van der Waals surface area contributed by atoms with E-state index in [0.29, 0.717) is 11.8 Å². The summed E-state index contributed by atoms with van der Waals surface area (Å²) >= 11 is 0. The summed E-state index contributed by atoms with van der Waals surface area (Å²) in [6, 6.07) is 10.6. The fraction of sp³-hybridized carbons (Fsp3) is 0.450. The lowest BCUT2D eigenvalue weighted by molar-refractivity contribution is 0.433. The van der Waals surface area contributed by atoms with Crippen molar-refractivity contribution < 1.29 is 4.74 Å². The molecule has 0 spiro atoms. The number of hydrogen-bond acceptors (Lipinski definition) is 4. The van der Waals surface area contributed by atoms with Crippen molar-refractivity contribution in [3.8, 4) is 11.9 Å². The van der Waals surface area contributed by atoms with Gasteiger partial charge in [-0.25, -0.2) is 0 Å². The van der Waals surface area contributed by atoms with Gasteiger partial charge in [0.15, 0.2) is 0 Å². The lowest BCUT2D eigenvalue weighted by Gasteiger charge is -2.30. The summed E-state index contributed by atoms with van der Waals surface area (Å²) in [5, 5.41) is 25.2. The minimum absolute atomic E-state index is 0.0418. The van der Waals surface area contributed by atoms with Crippen molar-refractivity contribution in [1.29, 1.82) is 10.7 Å². The van der Waals surface area contributed by atoms with Crippen LogP contribution in [0.5, 0.6) is 5.88 Å². The van der Waals surface area contributed by atoms with Gasteiger partial charge in [-0.2, -0.15) is 5.26 Å². The van der Waals surface area contributed by atoms with E-state index < -0.39 is 5.92 Å². The molecule has 2 N–H and O–H groups in total. The largest absolute Gasteiger partial charge is 0.422 e. The molecule has 0 amide bonds. The summed E-state index contributed by atoms with van der Waals surface area (Å²) in [4.78, 5) is 0. The van der Waals surface area contributed by atoms with Gasteiger partial charge in [-0.1, -0.05) is 58.9 Å². The summed E-state index contributed by atoms with van der Waals surface area (Å²) in [5.74, 6) is -0.0887. The van der Waals surface area contributed by atoms with Gasteiger partial charge < -0.3 is 4.74 Å². The zero-order valence-electron chi connectivity index (χ0n) is 15.3. The fourth-order valence-electron chi connectivity index (χ4n) is 3.34. The predicted molar refractivity (Wildman–Crippen MR) is 97.1 cm³/mol. The van der Waals surface area contributed by atoms with Gasteiger partial charge in [-0.3, -0.25) is 10.5 Å². The molecule has 1 aliphatic heterocycles. The first-order chi connectivity index (χ1) is 11.7. The minimum atomic E-state index is -0.656. The molecule has 130 valence electrons. The molecule has 5 heteroatoms. The molecule has 2 heterocycles. The van der Waals surface area contributed by atoms with Gasteiger partial charge in [-0.15, -0.1) is 5.10 Å². The molecule has 2 unspecified atom stereocenters. The zero-order chi connectivity index (χ0) is 18.4. The molecule has 1 aromatic carbocycles. The van der Waals surface area contributed by atoms with Crippen LogP contribution >= 0.6 is 0 Å². The number of rotatable bonds is 2. The third-order valence-electron chi connectivity index (χ3n) is 4.75. The van der Waals surface area contributed by atoms with E-state index in [-0.39, 0.29) is 17.2 Å². The summed E-state index contributed by atoms with van der Waals surface area (Å²) in [5.41, 5.74) is 3.94. The zero-order valence-corrected chi connectivity index (χ0v) is 15.3. The second kappa shape index (κ2) is 6.03. The van der Waals surface area contributed by atoms with Gasteiger partial charge in [0, 0.05) is 22.6 Å². The average Bonchev–Trinajstić information content (AvgIpc) is 2.97. The Balaban J connectivity index is 2.18. The maximum atomic E-state index is 9.69. The van der Waals surface area contributed by atoms with E-state index >= 15 is 0 Å². The van der Waals surface area contributed by atoms with Gasteiger partial charge in [-0.05, 0) is 17.0 Å². The van der Waals surface area contributed by atoms with Crippen LogP contribution in [-0.4, -0.2) is 16.1 Å². The Morgan fingerprint density at radius 2 is 1.88 bits per heavy atom. The topological polar surface area (TPSA) is 85.5 Å². The Morgan fingerprint density at radius 1 is 1.24 bits per heavy atom. The van der Waals surface area contributed by atoms with Crippen molar-refractivity contribution in [2.75, 3.05) is 0 Å². The lowest BCUT2D eigenvalue weighted by atomic mass is 9.75. The van der Waals surface area contributed by atoms with Crippen molar-refractivity contribution in [3.63, 3.8) is 0 Å². The van der Waals surface area contributed by atoms with Crippen LogP contribution in [0.1, 0.15) is 68.8 Å². The molecule has 0 aliphatic carbocycles. The number of benzene rings is 1. The van der Waals surface area contributed by atoms with Crippen LogP contribution in [0.15, 0.2) is 24.3 Å². The Morgan fingerprint density at radius 3 is 2.40 bits per heavy atom. The number of aromatic nitrogens is 2. The molecule has 2 atom stereocenters. The van der Waals surface area contributed by atoms with Crippen molar-refractivity contribution >= 4 is 5.90 Å². The molecule has 2 aromatic rings. The first kappa shape index (κ1) is 17.2. The lowest BCUT2D eigenvalue weighted by Crippen LogP contribution is -2.32. The number of fused-ring (bicyclic) bond motifs is 1. The second-order valence-corrected chi connectivity index (χ2v) is 7.94. The molecule has 0 saturated carbocycles. The van der Waals surface area contributed by atoms with Gasteiger partial charge in [0.1, 0.15) is 5.92 Å². The number of nitrogens with one attached hydrogen (secondary N) is 2. The van der Waals surface area contributed by atoms with E-state index in [1.165, 1.54) is 5.56 Å². The monoisotopic (exact) mass is 336 g/mol. The smallest absolute Gasteiger partial charge is 0.243 e. The van der Waals surface area contributed by atoms with Crippen LogP contribution in [0.2, 0.25) is 0 Å². The molecule has 3 rings (SSSR count). The van der Waals surface area contributed by atoms with E-state index in [1.54, 1.807) is 0 Å². The third-order valence-corrected chi connectivity index (χ3v) is 4.75.